The van der Waals surface area contributed by atoms with Crippen LogP contribution >= 0.6 is 23.2 Å². The van der Waals surface area contributed by atoms with E-state index in [-0.39, 0.29) is 22.2 Å². The molecule has 0 spiro atoms. The number of hydrazone groups is 1. The summed E-state index contributed by atoms with van der Waals surface area (Å²) in [7, 11) is 1.44. The minimum atomic E-state index is -0.657. The van der Waals surface area contributed by atoms with E-state index in [9.17, 15) is 9.59 Å². The van der Waals surface area contributed by atoms with Gasteiger partial charge in [0.15, 0.2) is 11.5 Å². The van der Waals surface area contributed by atoms with Crippen molar-refractivity contribution in [2.75, 3.05) is 7.11 Å². The molecule has 4 aromatic carbocycles. The molecular formula is C30H24Cl2N2O5. The number of esters is 1. The highest BCUT2D eigenvalue weighted by Crippen LogP contribution is 2.30. The number of nitrogens with one attached hydrogen (secondary N) is 1. The van der Waals surface area contributed by atoms with Crippen LogP contribution in [0.3, 0.4) is 0 Å². The van der Waals surface area contributed by atoms with Crippen LogP contribution in [-0.2, 0) is 6.61 Å². The average molecular weight is 563 g/mol. The SMILES string of the molecule is COc1cc(/C=N\NC(=O)c2ccc(OCc3ccc(C)cc3)cc2)ccc1OC(=O)c1ccc(Cl)cc1Cl. The molecule has 4 rings (SSSR count). The summed E-state index contributed by atoms with van der Waals surface area (Å²) < 4.78 is 16.6. The lowest BCUT2D eigenvalue weighted by Gasteiger charge is -2.10. The molecule has 1 amide bonds. The van der Waals surface area contributed by atoms with Crippen molar-refractivity contribution >= 4 is 41.3 Å². The zero-order chi connectivity index (χ0) is 27.8. The highest BCUT2D eigenvalue weighted by molar-refractivity contribution is 6.36. The molecule has 0 saturated carbocycles. The van der Waals surface area contributed by atoms with Gasteiger partial charge < -0.3 is 14.2 Å². The van der Waals surface area contributed by atoms with E-state index in [0.29, 0.717) is 34.3 Å². The van der Waals surface area contributed by atoms with Crippen LogP contribution in [0.15, 0.2) is 90.0 Å². The molecule has 0 saturated heterocycles. The number of rotatable bonds is 9. The van der Waals surface area contributed by atoms with Crippen molar-refractivity contribution in [3.63, 3.8) is 0 Å². The normalized spacial score (nSPS) is 10.8. The zero-order valence-corrected chi connectivity index (χ0v) is 22.6. The van der Waals surface area contributed by atoms with Gasteiger partial charge in [-0.3, -0.25) is 4.79 Å². The summed E-state index contributed by atoms with van der Waals surface area (Å²) in [4.78, 5) is 25.0. The third-order valence-electron chi connectivity index (χ3n) is 5.56. The molecule has 0 aliphatic carbocycles. The average Bonchev–Trinajstić information content (AvgIpc) is 2.93. The summed E-state index contributed by atoms with van der Waals surface area (Å²) in [5.74, 6) is 0.107. The van der Waals surface area contributed by atoms with Gasteiger partial charge in [-0.25, -0.2) is 10.2 Å². The first-order valence-electron chi connectivity index (χ1n) is 11.8. The van der Waals surface area contributed by atoms with Gasteiger partial charge in [0.05, 0.1) is 23.9 Å². The first-order chi connectivity index (χ1) is 18.8. The molecule has 198 valence electrons. The van der Waals surface area contributed by atoms with Crippen LogP contribution in [0.5, 0.6) is 17.2 Å². The Balaban J connectivity index is 1.33. The monoisotopic (exact) mass is 562 g/mol. The van der Waals surface area contributed by atoms with Crippen LogP contribution in [0.25, 0.3) is 0 Å². The molecule has 0 fully saturated rings. The van der Waals surface area contributed by atoms with Gasteiger partial charge in [-0.05, 0) is 78.7 Å². The van der Waals surface area contributed by atoms with Crippen molar-refractivity contribution in [3.8, 4) is 17.2 Å². The first-order valence-corrected chi connectivity index (χ1v) is 12.5. The Morgan fingerprint density at radius 1 is 0.897 bits per heavy atom. The topological polar surface area (TPSA) is 86.2 Å². The van der Waals surface area contributed by atoms with Crippen molar-refractivity contribution in [1.29, 1.82) is 0 Å². The highest BCUT2D eigenvalue weighted by Gasteiger charge is 2.16. The van der Waals surface area contributed by atoms with E-state index in [1.807, 2.05) is 31.2 Å². The quantitative estimate of drug-likeness (QED) is 0.104. The van der Waals surface area contributed by atoms with Crippen molar-refractivity contribution < 1.29 is 23.8 Å². The zero-order valence-electron chi connectivity index (χ0n) is 21.1. The summed E-state index contributed by atoms with van der Waals surface area (Å²) in [5, 5.41) is 4.59. The fourth-order valence-corrected chi connectivity index (χ4v) is 3.93. The van der Waals surface area contributed by atoms with Crippen LogP contribution < -0.4 is 19.6 Å². The summed E-state index contributed by atoms with van der Waals surface area (Å²) >= 11 is 12.0. The number of nitrogens with zero attached hydrogens (tertiary/aromatic N) is 1. The fourth-order valence-electron chi connectivity index (χ4n) is 3.44. The second kappa shape index (κ2) is 13.0. The lowest BCUT2D eigenvalue weighted by Crippen LogP contribution is -2.17. The van der Waals surface area contributed by atoms with Gasteiger partial charge in [0.25, 0.3) is 5.91 Å². The van der Waals surface area contributed by atoms with Crippen LogP contribution in [0, 0.1) is 6.92 Å². The lowest BCUT2D eigenvalue weighted by molar-refractivity contribution is 0.0729. The molecule has 39 heavy (non-hydrogen) atoms. The molecule has 1 N–H and O–H groups in total. The van der Waals surface area contributed by atoms with E-state index < -0.39 is 5.97 Å². The highest BCUT2D eigenvalue weighted by atomic mass is 35.5. The van der Waals surface area contributed by atoms with Crippen LogP contribution in [0.4, 0.5) is 0 Å². The number of hydrogen-bond donors (Lipinski definition) is 1. The third kappa shape index (κ3) is 7.60. The first kappa shape index (κ1) is 27.7. The largest absolute Gasteiger partial charge is 0.493 e. The molecule has 0 heterocycles. The van der Waals surface area contributed by atoms with Crippen molar-refractivity contribution in [1.82, 2.24) is 5.43 Å². The Bertz CT molecular complexity index is 1500. The van der Waals surface area contributed by atoms with Gasteiger partial charge in [-0.2, -0.15) is 5.10 Å². The molecule has 9 heteroatoms. The van der Waals surface area contributed by atoms with E-state index in [4.69, 9.17) is 37.4 Å². The Hall–Kier alpha value is -4.33. The standard InChI is InChI=1S/C30H24Cl2N2O5/c1-19-3-5-20(6-4-19)18-38-24-11-8-22(9-12-24)29(35)34-33-17-21-7-14-27(28(15-21)37-2)39-30(36)25-13-10-23(31)16-26(25)32/h3-17H,18H2,1-2H3,(H,34,35)/b33-17-. The maximum absolute atomic E-state index is 12.5. The minimum Gasteiger partial charge on any atom is -0.493 e. The molecule has 0 aliphatic heterocycles. The van der Waals surface area contributed by atoms with Gasteiger partial charge >= 0.3 is 5.97 Å². The second-order valence-corrected chi connectivity index (χ2v) is 9.27. The van der Waals surface area contributed by atoms with E-state index in [0.717, 1.165) is 5.56 Å². The summed E-state index contributed by atoms with van der Waals surface area (Å²) in [5.41, 5.74) is 5.94. The minimum absolute atomic E-state index is 0.169. The van der Waals surface area contributed by atoms with Gasteiger partial charge in [0.1, 0.15) is 12.4 Å². The van der Waals surface area contributed by atoms with Gasteiger partial charge in [-0.1, -0.05) is 53.0 Å². The maximum Gasteiger partial charge on any atom is 0.345 e. The molecule has 0 bridgehead atoms. The molecule has 0 unspecified atom stereocenters. The molecular weight excluding hydrogens is 539 g/mol. The Morgan fingerprint density at radius 2 is 1.64 bits per heavy atom. The Labute approximate surface area is 235 Å². The fraction of sp³-hybridized carbons (Fsp3) is 0.100. The number of methoxy groups -OCH3 is 1. The molecule has 4 aromatic rings. The van der Waals surface area contributed by atoms with Crippen molar-refractivity contribution in [3.05, 3.63) is 123 Å². The number of ether oxygens (including phenoxy) is 3. The number of benzene rings is 4. The Morgan fingerprint density at radius 3 is 2.33 bits per heavy atom. The van der Waals surface area contributed by atoms with E-state index >= 15 is 0 Å². The predicted molar refractivity (Wildman–Crippen MR) is 151 cm³/mol. The lowest BCUT2D eigenvalue weighted by atomic mass is 10.2. The third-order valence-corrected chi connectivity index (χ3v) is 6.11. The van der Waals surface area contributed by atoms with Gasteiger partial charge in [0.2, 0.25) is 0 Å². The molecule has 7 nitrogen and oxygen atoms in total. The second-order valence-electron chi connectivity index (χ2n) is 8.42. The maximum atomic E-state index is 12.5. The summed E-state index contributed by atoms with van der Waals surface area (Å²) in [6.45, 7) is 2.47. The van der Waals surface area contributed by atoms with Crippen LogP contribution in [0.2, 0.25) is 10.0 Å². The van der Waals surface area contributed by atoms with Crippen LogP contribution in [-0.4, -0.2) is 25.2 Å². The van der Waals surface area contributed by atoms with Crippen molar-refractivity contribution in [2.24, 2.45) is 5.10 Å². The smallest absolute Gasteiger partial charge is 0.345 e. The van der Waals surface area contributed by atoms with E-state index in [1.165, 1.54) is 31.0 Å². The molecule has 0 aromatic heterocycles. The number of halogens is 2. The van der Waals surface area contributed by atoms with Gasteiger partial charge in [-0.15, -0.1) is 0 Å². The summed E-state index contributed by atoms with van der Waals surface area (Å²) in [6, 6.07) is 24.2. The number of aryl methyl sites for hydroxylation is 1. The number of carbonyl (C=O) groups excluding carboxylic acids is 2. The van der Waals surface area contributed by atoms with Crippen molar-refractivity contribution in [2.45, 2.75) is 13.5 Å². The number of carbonyl (C=O) groups is 2. The molecule has 0 aliphatic rings. The number of hydrogen-bond acceptors (Lipinski definition) is 6. The van der Waals surface area contributed by atoms with E-state index in [1.54, 1.807) is 48.5 Å². The summed E-state index contributed by atoms with van der Waals surface area (Å²) in [6.07, 6.45) is 1.45. The molecule has 0 atom stereocenters. The van der Waals surface area contributed by atoms with Gasteiger partial charge in [0, 0.05) is 10.6 Å². The Kier molecular flexibility index (Phi) is 9.20. The van der Waals surface area contributed by atoms with E-state index in [2.05, 4.69) is 10.5 Å². The molecule has 0 radical (unpaired) electrons. The van der Waals surface area contributed by atoms with Crippen LogP contribution in [0.1, 0.15) is 37.4 Å². The number of amides is 1. The predicted octanol–water partition coefficient (Wildman–Crippen LogP) is 6.87.